The van der Waals surface area contributed by atoms with Crippen molar-refractivity contribution in [1.82, 2.24) is 4.57 Å². The van der Waals surface area contributed by atoms with Gasteiger partial charge in [-0.15, -0.1) is 0 Å². The van der Waals surface area contributed by atoms with Crippen molar-refractivity contribution in [2.75, 3.05) is 4.90 Å². The van der Waals surface area contributed by atoms with E-state index in [0.29, 0.717) is 0 Å². The molecule has 0 saturated carbocycles. The van der Waals surface area contributed by atoms with Gasteiger partial charge < -0.3 is 9.47 Å². The molecular formula is C52H38N2. The standard InChI is InChI=1S/C52H38N2/c1-3-11-37(12-4-1)39-21-28-45(29-22-39)53(46-30-23-40(24-31-46)38-13-5-2-6-14-38)48-34-27-43-35-42(19-20-44(43)36-48)41-25-32-47(33-26-41)54-51-17-9-7-15-49(51)50-16-8-10-18-52(50)54/h1-7,9-15,17-36H,8,16H2. The number of para-hydroxylation sites is 1. The topological polar surface area (TPSA) is 8.17 Å². The fraction of sp³-hybridized carbons (Fsp3) is 0.0385. The molecular weight excluding hydrogens is 653 g/mol. The summed E-state index contributed by atoms with van der Waals surface area (Å²) in [6.45, 7) is 0. The van der Waals surface area contributed by atoms with Crippen molar-refractivity contribution in [2.24, 2.45) is 0 Å². The molecule has 0 aliphatic heterocycles. The van der Waals surface area contributed by atoms with Gasteiger partial charge in [0, 0.05) is 33.8 Å². The minimum absolute atomic E-state index is 1.09. The van der Waals surface area contributed by atoms with Gasteiger partial charge >= 0.3 is 0 Å². The summed E-state index contributed by atoms with van der Waals surface area (Å²) in [5, 5.41) is 3.79. The average Bonchev–Trinajstić information content (AvgIpc) is 3.59. The first-order valence-electron chi connectivity index (χ1n) is 18.8. The van der Waals surface area contributed by atoms with Crippen LogP contribution in [0.4, 0.5) is 17.1 Å². The van der Waals surface area contributed by atoms with Crippen molar-refractivity contribution >= 4 is 44.8 Å². The van der Waals surface area contributed by atoms with Crippen LogP contribution in [0.3, 0.4) is 0 Å². The number of hydrogen-bond donors (Lipinski definition) is 0. The highest BCUT2D eigenvalue weighted by Crippen LogP contribution is 2.39. The van der Waals surface area contributed by atoms with Gasteiger partial charge in [-0.1, -0.05) is 140 Å². The number of anilines is 3. The Labute approximate surface area is 316 Å². The van der Waals surface area contributed by atoms with E-state index >= 15 is 0 Å². The summed E-state index contributed by atoms with van der Waals surface area (Å²) in [4.78, 5) is 2.36. The first kappa shape index (κ1) is 31.8. The third-order valence-electron chi connectivity index (χ3n) is 10.9. The van der Waals surface area contributed by atoms with E-state index in [1.165, 1.54) is 72.0 Å². The molecule has 8 aromatic carbocycles. The zero-order chi connectivity index (χ0) is 35.8. The Hall–Kier alpha value is -6.90. The third-order valence-corrected chi connectivity index (χ3v) is 10.9. The van der Waals surface area contributed by atoms with E-state index in [-0.39, 0.29) is 0 Å². The summed E-state index contributed by atoms with van der Waals surface area (Å²) in [5.41, 5.74) is 15.9. The van der Waals surface area contributed by atoms with Crippen LogP contribution in [-0.4, -0.2) is 4.57 Å². The van der Waals surface area contributed by atoms with Gasteiger partial charge in [0.2, 0.25) is 0 Å². The van der Waals surface area contributed by atoms with Crippen LogP contribution in [0.5, 0.6) is 0 Å². The van der Waals surface area contributed by atoms with E-state index in [2.05, 4.69) is 216 Å². The monoisotopic (exact) mass is 690 g/mol. The summed E-state index contributed by atoms with van der Waals surface area (Å²) >= 11 is 0. The van der Waals surface area contributed by atoms with Gasteiger partial charge in [0.15, 0.2) is 0 Å². The number of nitrogens with zero attached hydrogens (tertiary/aromatic N) is 2. The Morgan fingerprint density at radius 1 is 0.407 bits per heavy atom. The van der Waals surface area contributed by atoms with Crippen molar-refractivity contribution in [1.29, 1.82) is 0 Å². The smallest absolute Gasteiger partial charge is 0.0537 e. The van der Waals surface area contributed by atoms with Crippen LogP contribution in [0.2, 0.25) is 0 Å². The Balaban J connectivity index is 0.990. The van der Waals surface area contributed by atoms with Crippen LogP contribution < -0.4 is 4.90 Å². The Kier molecular flexibility index (Phi) is 8.00. The van der Waals surface area contributed by atoms with Gasteiger partial charge in [-0.25, -0.2) is 0 Å². The van der Waals surface area contributed by atoms with Crippen LogP contribution in [0.25, 0.3) is 66.8 Å². The van der Waals surface area contributed by atoms with E-state index in [9.17, 15) is 0 Å². The van der Waals surface area contributed by atoms with Crippen LogP contribution in [-0.2, 0) is 6.42 Å². The fourth-order valence-electron chi connectivity index (χ4n) is 8.13. The second-order valence-corrected chi connectivity index (χ2v) is 14.1. The number of aryl methyl sites for hydroxylation is 1. The summed E-state index contributed by atoms with van der Waals surface area (Å²) in [6.07, 6.45) is 6.79. The molecule has 0 N–H and O–H groups in total. The number of benzene rings is 8. The van der Waals surface area contributed by atoms with Crippen LogP contribution >= 0.6 is 0 Å². The predicted octanol–water partition coefficient (Wildman–Crippen LogP) is 14.2. The summed E-state index contributed by atoms with van der Waals surface area (Å²) in [7, 11) is 0. The highest BCUT2D eigenvalue weighted by molar-refractivity contribution is 5.93. The lowest BCUT2D eigenvalue weighted by Gasteiger charge is -2.26. The zero-order valence-corrected chi connectivity index (χ0v) is 29.9. The summed E-state index contributed by atoms with van der Waals surface area (Å²) in [6, 6.07) is 70.5. The van der Waals surface area contributed by atoms with Crippen LogP contribution in [0.15, 0.2) is 200 Å². The predicted molar refractivity (Wildman–Crippen MR) is 229 cm³/mol. The Bertz CT molecular complexity index is 2690. The number of rotatable bonds is 7. The summed E-state index contributed by atoms with van der Waals surface area (Å²) < 4.78 is 2.42. The van der Waals surface area contributed by atoms with E-state index in [1.54, 1.807) is 0 Å². The minimum Gasteiger partial charge on any atom is -0.310 e. The molecule has 9 aromatic rings. The fourth-order valence-corrected chi connectivity index (χ4v) is 8.13. The van der Waals surface area contributed by atoms with Crippen LogP contribution in [0.1, 0.15) is 17.7 Å². The Morgan fingerprint density at radius 3 is 1.57 bits per heavy atom. The maximum Gasteiger partial charge on any atom is 0.0537 e. The SMILES string of the molecule is C1=Cc2c(c3ccccc3n2-c2ccc(-c3ccc4cc(N(c5ccc(-c6ccccc6)cc5)c5ccc(-c6ccccc6)cc5)ccc4c3)cc2)CC1. The van der Waals surface area contributed by atoms with Crippen LogP contribution in [0, 0.1) is 0 Å². The molecule has 0 atom stereocenters. The molecule has 0 bridgehead atoms. The molecule has 54 heavy (non-hydrogen) atoms. The normalized spacial score (nSPS) is 12.2. The van der Waals surface area contributed by atoms with Gasteiger partial charge in [-0.05, 0) is 129 Å². The molecule has 0 saturated heterocycles. The maximum atomic E-state index is 2.42. The zero-order valence-electron chi connectivity index (χ0n) is 29.9. The molecule has 2 heteroatoms. The molecule has 10 rings (SSSR count). The van der Waals surface area contributed by atoms with Gasteiger partial charge in [0.1, 0.15) is 0 Å². The second-order valence-electron chi connectivity index (χ2n) is 14.1. The number of aromatic nitrogens is 1. The lowest BCUT2D eigenvalue weighted by atomic mass is 10.00. The maximum absolute atomic E-state index is 2.42. The average molecular weight is 691 g/mol. The molecule has 2 nitrogen and oxygen atoms in total. The van der Waals surface area contributed by atoms with Crippen molar-refractivity contribution in [3.05, 3.63) is 211 Å². The molecule has 0 unspecified atom stereocenters. The number of hydrogen-bond acceptors (Lipinski definition) is 1. The molecule has 256 valence electrons. The van der Waals surface area contributed by atoms with Gasteiger partial charge in [-0.2, -0.15) is 0 Å². The summed E-state index contributed by atoms with van der Waals surface area (Å²) in [5.74, 6) is 0. The van der Waals surface area contributed by atoms with Gasteiger partial charge in [-0.3, -0.25) is 0 Å². The molecule has 1 aromatic heterocycles. The lowest BCUT2D eigenvalue weighted by Crippen LogP contribution is -2.09. The molecule has 1 heterocycles. The van der Waals surface area contributed by atoms with E-state index in [0.717, 1.165) is 29.9 Å². The highest BCUT2D eigenvalue weighted by atomic mass is 15.1. The first-order chi connectivity index (χ1) is 26.8. The minimum atomic E-state index is 1.09. The number of fused-ring (bicyclic) bond motifs is 4. The quantitative estimate of drug-likeness (QED) is 0.162. The van der Waals surface area contributed by atoms with E-state index < -0.39 is 0 Å². The Morgan fingerprint density at radius 2 is 0.907 bits per heavy atom. The van der Waals surface area contributed by atoms with Crippen molar-refractivity contribution in [3.63, 3.8) is 0 Å². The van der Waals surface area contributed by atoms with Crippen molar-refractivity contribution in [2.45, 2.75) is 12.8 Å². The second kappa shape index (κ2) is 13.6. The molecule has 1 aliphatic carbocycles. The van der Waals surface area contributed by atoms with Gasteiger partial charge in [0.05, 0.1) is 5.52 Å². The highest BCUT2D eigenvalue weighted by Gasteiger charge is 2.18. The van der Waals surface area contributed by atoms with E-state index in [1.807, 2.05) is 0 Å². The molecule has 0 fully saturated rings. The number of allylic oxidation sites excluding steroid dienone is 1. The van der Waals surface area contributed by atoms with Crippen molar-refractivity contribution in [3.8, 4) is 39.1 Å². The lowest BCUT2D eigenvalue weighted by molar-refractivity contribution is 0.967. The van der Waals surface area contributed by atoms with Gasteiger partial charge in [0.25, 0.3) is 0 Å². The molecule has 1 aliphatic rings. The third kappa shape index (κ3) is 5.79. The molecule has 0 spiro atoms. The van der Waals surface area contributed by atoms with E-state index in [4.69, 9.17) is 0 Å². The molecule has 0 radical (unpaired) electrons. The molecule has 0 amide bonds. The first-order valence-corrected chi connectivity index (χ1v) is 18.8. The largest absolute Gasteiger partial charge is 0.310 e. The van der Waals surface area contributed by atoms with Crippen molar-refractivity contribution < 1.29 is 0 Å².